The predicted octanol–water partition coefficient (Wildman–Crippen LogP) is 5.21. The van der Waals surface area contributed by atoms with Crippen molar-refractivity contribution in [2.75, 3.05) is 6.61 Å². The van der Waals surface area contributed by atoms with Crippen LogP contribution in [0.2, 0.25) is 0 Å². The third kappa shape index (κ3) is 5.90. The van der Waals surface area contributed by atoms with Crippen LogP contribution in [0.15, 0.2) is 114 Å². The van der Waals surface area contributed by atoms with E-state index in [2.05, 4.69) is 24.3 Å². The molecule has 5 heteroatoms. The number of benzene rings is 3. The lowest BCUT2D eigenvalue weighted by Crippen LogP contribution is -2.19. The SMILES string of the molecule is O=C(O)COc1cccc(/C=C/Cn2cc(C(c3ccccc3)c3ccccc3)ccc2=O)c1. The molecule has 3 aromatic carbocycles. The van der Waals surface area contributed by atoms with Crippen molar-refractivity contribution in [3.8, 4) is 5.75 Å². The number of hydrogen-bond acceptors (Lipinski definition) is 3. The normalized spacial score (nSPS) is 11.1. The molecule has 5 nitrogen and oxygen atoms in total. The molecule has 1 aromatic heterocycles. The Hall–Kier alpha value is -4.38. The molecule has 1 N–H and O–H groups in total. The first-order valence-corrected chi connectivity index (χ1v) is 11.0. The van der Waals surface area contributed by atoms with E-state index >= 15 is 0 Å². The molecule has 4 rings (SSSR count). The molecule has 0 radical (unpaired) electrons. The second-order valence-corrected chi connectivity index (χ2v) is 7.86. The fourth-order valence-corrected chi connectivity index (χ4v) is 3.89. The Bertz CT molecular complexity index is 1290. The lowest BCUT2D eigenvalue weighted by Gasteiger charge is -2.19. The zero-order valence-electron chi connectivity index (χ0n) is 18.6. The number of allylic oxidation sites excluding steroid dienone is 1. The Morgan fingerprint density at radius 1 is 0.853 bits per heavy atom. The average Bonchev–Trinajstić information content (AvgIpc) is 2.86. The van der Waals surface area contributed by atoms with E-state index in [0.29, 0.717) is 12.3 Å². The van der Waals surface area contributed by atoms with E-state index in [-0.39, 0.29) is 18.1 Å². The summed E-state index contributed by atoms with van der Waals surface area (Å²) in [4.78, 5) is 23.3. The second kappa shape index (κ2) is 11.0. The zero-order valence-corrected chi connectivity index (χ0v) is 18.6. The second-order valence-electron chi connectivity index (χ2n) is 7.86. The summed E-state index contributed by atoms with van der Waals surface area (Å²) in [7, 11) is 0. The zero-order chi connectivity index (χ0) is 23.8. The highest BCUT2D eigenvalue weighted by atomic mass is 16.5. The number of hydrogen-bond donors (Lipinski definition) is 1. The monoisotopic (exact) mass is 451 g/mol. The summed E-state index contributed by atoms with van der Waals surface area (Å²) >= 11 is 0. The minimum absolute atomic E-state index is 0.0151. The molecule has 0 saturated carbocycles. The van der Waals surface area contributed by atoms with Crippen LogP contribution in [0.5, 0.6) is 5.75 Å². The smallest absolute Gasteiger partial charge is 0.341 e. The molecule has 0 spiro atoms. The highest BCUT2D eigenvalue weighted by Crippen LogP contribution is 2.31. The molecule has 4 aromatic rings. The van der Waals surface area contributed by atoms with E-state index in [1.54, 1.807) is 28.8 Å². The van der Waals surface area contributed by atoms with Crippen LogP contribution in [-0.4, -0.2) is 22.2 Å². The van der Waals surface area contributed by atoms with Gasteiger partial charge in [0.15, 0.2) is 6.61 Å². The molecule has 0 saturated heterocycles. The van der Waals surface area contributed by atoms with Gasteiger partial charge in [0, 0.05) is 24.7 Å². The van der Waals surface area contributed by atoms with Gasteiger partial charge in [-0.3, -0.25) is 4.79 Å². The number of aliphatic carboxylic acids is 1. The number of ether oxygens (including phenoxy) is 1. The molecule has 1 heterocycles. The molecule has 0 atom stereocenters. The minimum Gasteiger partial charge on any atom is -0.482 e. The minimum atomic E-state index is -1.02. The largest absolute Gasteiger partial charge is 0.482 e. The first-order chi connectivity index (χ1) is 16.6. The van der Waals surface area contributed by atoms with Crippen LogP contribution in [0.25, 0.3) is 6.08 Å². The van der Waals surface area contributed by atoms with Crippen LogP contribution in [0, 0.1) is 0 Å². The van der Waals surface area contributed by atoms with Crippen LogP contribution in [-0.2, 0) is 11.3 Å². The molecule has 0 amide bonds. The van der Waals surface area contributed by atoms with Gasteiger partial charge in [-0.1, -0.05) is 91.0 Å². The highest BCUT2D eigenvalue weighted by Gasteiger charge is 2.17. The summed E-state index contributed by atoms with van der Waals surface area (Å²) in [5.74, 6) is -0.525. The molecular formula is C29H25NO4. The summed E-state index contributed by atoms with van der Waals surface area (Å²) in [6.45, 7) is 0.0164. The first kappa shape index (κ1) is 22.8. The number of rotatable bonds is 9. The molecule has 0 unspecified atom stereocenters. The van der Waals surface area contributed by atoms with Gasteiger partial charge in [0.05, 0.1) is 0 Å². The van der Waals surface area contributed by atoms with E-state index in [9.17, 15) is 9.59 Å². The Kier molecular flexibility index (Phi) is 7.35. The van der Waals surface area contributed by atoms with Gasteiger partial charge in [-0.05, 0) is 34.4 Å². The van der Waals surface area contributed by atoms with Gasteiger partial charge in [0.2, 0.25) is 0 Å². The maximum absolute atomic E-state index is 12.6. The molecule has 0 aliphatic heterocycles. The average molecular weight is 452 g/mol. The molecule has 0 aliphatic carbocycles. The van der Waals surface area contributed by atoms with Crippen LogP contribution < -0.4 is 10.3 Å². The fraction of sp³-hybridized carbons (Fsp3) is 0.103. The van der Waals surface area contributed by atoms with Crippen molar-refractivity contribution in [3.05, 3.63) is 142 Å². The standard InChI is InChI=1S/C29H25NO4/c31-27-17-16-25(29(23-11-3-1-4-12-23)24-13-5-2-6-14-24)20-30(27)18-8-10-22-9-7-15-26(19-22)34-21-28(32)33/h1-17,19-20,29H,18,21H2,(H,32,33)/b10-8+. The maximum Gasteiger partial charge on any atom is 0.341 e. The van der Waals surface area contributed by atoms with Gasteiger partial charge in [0.1, 0.15) is 5.75 Å². The van der Waals surface area contributed by atoms with Crippen LogP contribution in [0.3, 0.4) is 0 Å². The number of carboxylic acids is 1. The van der Waals surface area contributed by atoms with Gasteiger partial charge in [0.25, 0.3) is 5.56 Å². The highest BCUT2D eigenvalue weighted by molar-refractivity contribution is 5.68. The van der Waals surface area contributed by atoms with Crippen molar-refractivity contribution >= 4 is 12.0 Å². The van der Waals surface area contributed by atoms with Crippen molar-refractivity contribution in [2.45, 2.75) is 12.5 Å². The lowest BCUT2D eigenvalue weighted by molar-refractivity contribution is -0.139. The van der Waals surface area contributed by atoms with Gasteiger partial charge in [-0.15, -0.1) is 0 Å². The van der Waals surface area contributed by atoms with Crippen LogP contribution in [0.4, 0.5) is 0 Å². The van der Waals surface area contributed by atoms with Crippen LogP contribution >= 0.6 is 0 Å². The van der Waals surface area contributed by atoms with Gasteiger partial charge >= 0.3 is 5.97 Å². The quantitative estimate of drug-likeness (QED) is 0.380. The molecule has 0 aliphatic rings. The number of pyridine rings is 1. The summed E-state index contributed by atoms with van der Waals surface area (Å²) < 4.78 is 6.92. The van der Waals surface area contributed by atoms with Gasteiger partial charge in [-0.2, -0.15) is 0 Å². The van der Waals surface area contributed by atoms with E-state index < -0.39 is 5.97 Å². The summed E-state index contributed by atoms with van der Waals surface area (Å²) in [5.41, 5.74) is 4.14. The van der Waals surface area contributed by atoms with E-state index in [1.807, 2.05) is 66.9 Å². The van der Waals surface area contributed by atoms with Crippen molar-refractivity contribution in [1.82, 2.24) is 4.57 Å². The fourth-order valence-electron chi connectivity index (χ4n) is 3.89. The number of carbonyl (C=O) groups is 1. The Labute approximate surface area is 198 Å². The van der Waals surface area contributed by atoms with Crippen molar-refractivity contribution in [1.29, 1.82) is 0 Å². The van der Waals surface area contributed by atoms with Gasteiger partial charge in [-0.25, -0.2) is 4.79 Å². The third-order valence-electron chi connectivity index (χ3n) is 5.44. The molecule has 34 heavy (non-hydrogen) atoms. The summed E-state index contributed by atoms with van der Waals surface area (Å²) in [6.07, 6.45) is 5.71. The first-order valence-electron chi connectivity index (χ1n) is 11.0. The molecule has 0 bridgehead atoms. The van der Waals surface area contributed by atoms with Crippen LogP contribution in [0.1, 0.15) is 28.2 Å². The number of carboxylic acid groups (broad SMARTS) is 1. The van der Waals surface area contributed by atoms with Crippen molar-refractivity contribution in [2.24, 2.45) is 0 Å². The lowest BCUT2D eigenvalue weighted by atomic mass is 9.86. The van der Waals surface area contributed by atoms with Gasteiger partial charge < -0.3 is 14.4 Å². The number of aromatic nitrogens is 1. The molecule has 170 valence electrons. The van der Waals surface area contributed by atoms with E-state index in [0.717, 1.165) is 22.3 Å². The predicted molar refractivity (Wildman–Crippen MR) is 133 cm³/mol. The summed E-state index contributed by atoms with van der Waals surface area (Å²) in [6, 6.07) is 31.2. The molecular weight excluding hydrogens is 426 g/mol. The Balaban J connectivity index is 1.58. The number of nitrogens with zero attached hydrogens (tertiary/aromatic N) is 1. The maximum atomic E-state index is 12.6. The summed E-state index contributed by atoms with van der Waals surface area (Å²) in [5, 5.41) is 8.77. The topological polar surface area (TPSA) is 68.5 Å². The Morgan fingerprint density at radius 2 is 1.53 bits per heavy atom. The Morgan fingerprint density at radius 3 is 2.18 bits per heavy atom. The van der Waals surface area contributed by atoms with E-state index in [1.165, 1.54) is 0 Å². The van der Waals surface area contributed by atoms with E-state index in [4.69, 9.17) is 9.84 Å². The van der Waals surface area contributed by atoms with Crippen molar-refractivity contribution in [3.63, 3.8) is 0 Å². The molecule has 0 fully saturated rings. The van der Waals surface area contributed by atoms with Crippen molar-refractivity contribution < 1.29 is 14.6 Å². The third-order valence-corrected chi connectivity index (χ3v) is 5.44.